The molecule has 70 valence electrons. The van der Waals surface area contributed by atoms with Crippen LogP contribution in [0, 0.1) is 10.1 Å². The van der Waals surface area contributed by atoms with E-state index >= 15 is 0 Å². The Morgan fingerprint density at radius 3 is 3.07 bits per heavy atom. The first kappa shape index (κ1) is 8.96. The predicted molar refractivity (Wildman–Crippen MR) is 55.7 cm³/mol. The van der Waals surface area contributed by atoms with Crippen molar-refractivity contribution in [2.75, 3.05) is 0 Å². The standard InChI is InChI=1S/C9H6N2O2S/c12-11(13)8-1-2-9-7(5-8)6-10-3-4-14-9/h1-6H. The second kappa shape index (κ2) is 3.63. The molecule has 0 aliphatic carbocycles. The summed E-state index contributed by atoms with van der Waals surface area (Å²) in [4.78, 5) is 15.0. The van der Waals surface area contributed by atoms with Gasteiger partial charge in [-0.15, -0.1) is 0 Å². The molecule has 1 aliphatic heterocycles. The quantitative estimate of drug-likeness (QED) is 0.524. The highest BCUT2D eigenvalue weighted by molar-refractivity contribution is 8.02. The summed E-state index contributed by atoms with van der Waals surface area (Å²) in [6.45, 7) is 0. The van der Waals surface area contributed by atoms with E-state index in [2.05, 4.69) is 4.99 Å². The zero-order chi connectivity index (χ0) is 9.97. The Morgan fingerprint density at radius 2 is 2.29 bits per heavy atom. The number of hydrogen-bond acceptors (Lipinski definition) is 4. The molecule has 0 atom stereocenters. The van der Waals surface area contributed by atoms with Crippen LogP contribution in [0.5, 0.6) is 0 Å². The van der Waals surface area contributed by atoms with E-state index in [9.17, 15) is 10.1 Å². The third-order valence-corrected chi connectivity index (χ3v) is 2.64. The molecule has 0 radical (unpaired) electrons. The van der Waals surface area contributed by atoms with E-state index in [4.69, 9.17) is 0 Å². The Hall–Kier alpha value is -1.62. The molecule has 5 heteroatoms. The van der Waals surface area contributed by atoms with Gasteiger partial charge in [-0.25, -0.2) is 0 Å². The number of non-ortho nitro benzene ring substituents is 1. The van der Waals surface area contributed by atoms with Gasteiger partial charge in [0.25, 0.3) is 5.69 Å². The van der Waals surface area contributed by atoms with Gasteiger partial charge in [-0.1, -0.05) is 11.8 Å². The van der Waals surface area contributed by atoms with Crippen molar-refractivity contribution in [2.45, 2.75) is 4.90 Å². The van der Waals surface area contributed by atoms with E-state index < -0.39 is 4.92 Å². The highest BCUT2D eigenvalue weighted by atomic mass is 32.2. The van der Waals surface area contributed by atoms with E-state index in [-0.39, 0.29) is 5.69 Å². The molecule has 0 saturated carbocycles. The van der Waals surface area contributed by atoms with E-state index in [1.54, 1.807) is 18.5 Å². The molecule has 14 heavy (non-hydrogen) atoms. The zero-order valence-corrected chi connectivity index (χ0v) is 7.90. The Labute approximate surface area is 84.5 Å². The van der Waals surface area contributed by atoms with Gasteiger partial charge in [0.15, 0.2) is 0 Å². The summed E-state index contributed by atoms with van der Waals surface area (Å²) in [7, 11) is 0. The van der Waals surface area contributed by atoms with Gasteiger partial charge in [-0.2, -0.15) is 0 Å². The second-order valence-electron chi connectivity index (χ2n) is 2.66. The summed E-state index contributed by atoms with van der Waals surface area (Å²) in [5, 5.41) is 12.4. The summed E-state index contributed by atoms with van der Waals surface area (Å²) in [5.74, 6) is 0. The minimum absolute atomic E-state index is 0.0951. The number of thioether (sulfide) groups is 1. The van der Waals surface area contributed by atoms with Crippen molar-refractivity contribution in [1.82, 2.24) is 0 Å². The highest BCUT2D eigenvalue weighted by Crippen LogP contribution is 2.27. The van der Waals surface area contributed by atoms with Crippen LogP contribution in [0.25, 0.3) is 0 Å². The Kier molecular flexibility index (Phi) is 2.32. The summed E-state index contributed by atoms with van der Waals surface area (Å²) in [6, 6.07) is 4.76. The van der Waals surface area contributed by atoms with Gasteiger partial charge < -0.3 is 0 Å². The maximum absolute atomic E-state index is 10.5. The van der Waals surface area contributed by atoms with Crippen LogP contribution in [0.15, 0.2) is 39.7 Å². The number of aliphatic imine (C=N–C) groups is 1. The molecule has 0 saturated heterocycles. The second-order valence-corrected chi connectivity index (χ2v) is 3.61. The van der Waals surface area contributed by atoms with Gasteiger partial charge in [0.05, 0.1) is 4.92 Å². The largest absolute Gasteiger partial charge is 0.270 e. The van der Waals surface area contributed by atoms with Gasteiger partial charge in [-0.3, -0.25) is 15.1 Å². The van der Waals surface area contributed by atoms with Crippen LogP contribution in [0.2, 0.25) is 0 Å². The average Bonchev–Trinajstić information content (AvgIpc) is 2.41. The maximum Gasteiger partial charge on any atom is 0.270 e. The number of nitro benzene ring substituents is 1. The molecule has 0 amide bonds. The van der Waals surface area contributed by atoms with Gasteiger partial charge in [-0.05, 0) is 11.5 Å². The first-order chi connectivity index (χ1) is 6.77. The first-order valence-corrected chi connectivity index (χ1v) is 4.78. The normalized spacial score (nSPS) is 13.4. The SMILES string of the molecule is O=[N+]([O-])c1ccc2c(c1)C=NC=CS2. The average molecular weight is 206 g/mol. The molecular formula is C9H6N2O2S. The lowest BCUT2D eigenvalue weighted by Gasteiger charge is -1.99. The van der Waals surface area contributed by atoms with Crippen LogP contribution in [-0.4, -0.2) is 11.1 Å². The smallest absolute Gasteiger partial charge is 0.264 e. The third kappa shape index (κ3) is 1.67. The molecule has 0 unspecified atom stereocenters. The van der Waals surface area contributed by atoms with Crippen molar-refractivity contribution >= 4 is 23.7 Å². The van der Waals surface area contributed by atoms with Crippen LogP contribution in [0.3, 0.4) is 0 Å². The van der Waals surface area contributed by atoms with Crippen molar-refractivity contribution in [3.8, 4) is 0 Å². The lowest BCUT2D eigenvalue weighted by molar-refractivity contribution is -0.384. The van der Waals surface area contributed by atoms with Crippen molar-refractivity contribution in [3.05, 3.63) is 45.5 Å². The highest BCUT2D eigenvalue weighted by Gasteiger charge is 2.09. The first-order valence-electron chi connectivity index (χ1n) is 3.91. The van der Waals surface area contributed by atoms with Gasteiger partial charge >= 0.3 is 0 Å². The molecule has 0 N–H and O–H groups in total. The fourth-order valence-corrected chi connectivity index (χ4v) is 1.79. The van der Waals surface area contributed by atoms with Crippen molar-refractivity contribution in [3.63, 3.8) is 0 Å². The maximum atomic E-state index is 10.5. The number of fused-ring (bicyclic) bond motifs is 1. The molecule has 0 fully saturated rings. The van der Waals surface area contributed by atoms with Crippen LogP contribution in [-0.2, 0) is 0 Å². The predicted octanol–water partition coefficient (Wildman–Crippen LogP) is 2.59. The van der Waals surface area contributed by atoms with E-state index in [1.165, 1.54) is 23.9 Å². The minimum Gasteiger partial charge on any atom is -0.264 e. The lowest BCUT2D eigenvalue weighted by atomic mass is 10.2. The van der Waals surface area contributed by atoms with Crippen LogP contribution >= 0.6 is 11.8 Å². The molecular weight excluding hydrogens is 200 g/mol. The lowest BCUT2D eigenvalue weighted by Crippen LogP contribution is -1.91. The molecule has 4 nitrogen and oxygen atoms in total. The zero-order valence-electron chi connectivity index (χ0n) is 7.08. The number of hydrogen-bond donors (Lipinski definition) is 0. The molecule has 0 aromatic heterocycles. The van der Waals surface area contributed by atoms with Crippen molar-refractivity contribution < 1.29 is 4.92 Å². The summed E-state index contributed by atoms with van der Waals surface area (Å²) in [5.41, 5.74) is 0.881. The molecule has 0 spiro atoms. The Balaban J connectivity index is 2.49. The summed E-state index contributed by atoms with van der Waals surface area (Å²) in [6.07, 6.45) is 3.29. The van der Waals surface area contributed by atoms with Crippen LogP contribution < -0.4 is 0 Å². The van der Waals surface area contributed by atoms with Gasteiger partial charge in [0, 0.05) is 35.0 Å². The van der Waals surface area contributed by atoms with E-state index in [0.29, 0.717) is 0 Å². The molecule has 1 aromatic rings. The van der Waals surface area contributed by atoms with Gasteiger partial charge in [0.2, 0.25) is 0 Å². The number of nitro groups is 1. The third-order valence-electron chi connectivity index (χ3n) is 1.76. The molecule has 1 aliphatic rings. The topological polar surface area (TPSA) is 55.5 Å². The Bertz CT molecular complexity index is 440. The number of nitrogens with zero attached hydrogens (tertiary/aromatic N) is 2. The summed E-state index contributed by atoms with van der Waals surface area (Å²) >= 11 is 1.50. The minimum atomic E-state index is -0.406. The molecule has 1 aromatic carbocycles. The molecule has 1 heterocycles. The van der Waals surface area contributed by atoms with Crippen LogP contribution in [0.4, 0.5) is 5.69 Å². The van der Waals surface area contributed by atoms with Crippen molar-refractivity contribution in [2.24, 2.45) is 4.99 Å². The van der Waals surface area contributed by atoms with E-state index in [1.807, 2.05) is 5.41 Å². The number of benzene rings is 1. The fourth-order valence-electron chi connectivity index (χ4n) is 1.12. The van der Waals surface area contributed by atoms with Crippen molar-refractivity contribution in [1.29, 1.82) is 0 Å². The van der Waals surface area contributed by atoms with Gasteiger partial charge in [0.1, 0.15) is 0 Å². The number of rotatable bonds is 1. The summed E-state index contributed by atoms with van der Waals surface area (Å²) < 4.78 is 0. The fraction of sp³-hybridized carbons (Fsp3) is 0. The monoisotopic (exact) mass is 206 g/mol. The van der Waals surface area contributed by atoms with E-state index in [0.717, 1.165) is 10.5 Å². The molecule has 0 bridgehead atoms. The Morgan fingerprint density at radius 1 is 1.43 bits per heavy atom. The molecule has 2 rings (SSSR count). The van der Waals surface area contributed by atoms with Crippen LogP contribution in [0.1, 0.15) is 5.56 Å².